The Morgan fingerprint density at radius 3 is 2.77 bits per heavy atom. The molecule has 0 unspecified atom stereocenters. The average molecular weight is 368 g/mol. The summed E-state index contributed by atoms with van der Waals surface area (Å²) in [7, 11) is 0. The summed E-state index contributed by atoms with van der Waals surface area (Å²) < 4.78 is 5.80. The van der Waals surface area contributed by atoms with E-state index in [9.17, 15) is 9.59 Å². The summed E-state index contributed by atoms with van der Waals surface area (Å²) in [5.74, 6) is -0.800. The van der Waals surface area contributed by atoms with E-state index in [0.29, 0.717) is 6.54 Å². The Bertz CT molecular complexity index is 541. The maximum atomic E-state index is 11.6. The van der Waals surface area contributed by atoms with Gasteiger partial charge in [0.05, 0.1) is 0 Å². The van der Waals surface area contributed by atoms with Crippen molar-refractivity contribution < 1.29 is 14.3 Å². The van der Waals surface area contributed by atoms with Crippen LogP contribution >= 0.6 is 15.9 Å². The maximum Gasteiger partial charge on any atom is 0.331 e. The molecule has 0 aliphatic rings. The van der Waals surface area contributed by atoms with Gasteiger partial charge < -0.3 is 10.1 Å². The zero-order valence-corrected chi connectivity index (χ0v) is 14.6. The number of nitrogens with one attached hydrogen (secondary N) is 1. The standard InChI is InChI=1S/C17H22BrNO3/c1-3-4-5-10-19-16(20)12-22-17(21)9-8-14-7-6-13(2)11-15(14)18/h6-9,11H,3-5,10,12H2,1-2H3,(H,19,20)/b9-8+. The van der Waals surface area contributed by atoms with E-state index in [2.05, 4.69) is 28.2 Å². The maximum absolute atomic E-state index is 11.6. The van der Waals surface area contributed by atoms with E-state index < -0.39 is 5.97 Å². The molecule has 0 fully saturated rings. The topological polar surface area (TPSA) is 55.4 Å². The van der Waals surface area contributed by atoms with Crippen LogP contribution in [0.5, 0.6) is 0 Å². The minimum absolute atomic E-state index is 0.246. The summed E-state index contributed by atoms with van der Waals surface area (Å²) in [4.78, 5) is 23.0. The molecular weight excluding hydrogens is 346 g/mol. The van der Waals surface area contributed by atoms with Crippen LogP contribution in [0.4, 0.5) is 0 Å². The number of carbonyl (C=O) groups excluding carboxylic acids is 2. The van der Waals surface area contributed by atoms with Crippen molar-refractivity contribution in [2.45, 2.75) is 33.1 Å². The number of benzene rings is 1. The molecule has 0 aliphatic carbocycles. The Morgan fingerprint density at radius 2 is 2.09 bits per heavy atom. The van der Waals surface area contributed by atoms with Gasteiger partial charge in [-0.2, -0.15) is 0 Å². The highest BCUT2D eigenvalue weighted by Gasteiger charge is 2.04. The SMILES string of the molecule is CCCCCNC(=O)COC(=O)/C=C/c1ccc(C)cc1Br. The Hall–Kier alpha value is -1.62. The minimum atomic E-state index is -0.531. The molecule has 0 aliphatic heterocycles. The zero-order chi connectivity index (χ0) is 16.4. The highest BCUT2D eigenvalue weighted by atomic mass is 79.9. The fraction of sp³-hybridized carbons (Fsp3) is 0.412. The number of aryl methyl sites for hydroxylation is 1. The van der Waals surface area contributed by atoms with Crippen molar-refractivity contribution in [3.63, 3.8) is 0 Å². The first kappa shape index (κ1) is 18.4. The summed E-state index contributed by atoms with van der Waals surface area (Å²) in [5.41, 5.74) is 2.01. The lowest BCUT2D eigenvalue weighted by Gasteiger charge is -2.04. The van der Waals surface area contributed by atoms with Gasteiger partial charge in [0.25, 0.3) is 5.91 Å². The molecule has 0 heterocycles. The average Bonchev–Trinajstić information content (AvgIpc) is 2.48. The molecule has 0 saturated heterocycles. The molecule has 0 saturated carbocycles. The summed E-state index contributed by atoms with van der Waals surface area (Å²) in [6.07, 6.45) is 6.10. The molecule has 120 valence electrons. The van der Waals surface area contributed by atoms with Crippen LogP contribution in [0, 0.1) is 6.92 Å². The van der Waals surface area contributed by atoms with Crippen molar-refractivity contribution in [3.8, 4) is 0 Å². The third-order valence-electron chi connectivity index (χ3n) is 3.00. The molecule has 1 rings (SSSR count). The Kier molecular flexibility index (Phi) is 8.51. The van der Waals surface area contributed by atoms with E-state index in [4.69, 9.17) is 4.74 Å². The van der Waals surface area contributed by atoms with Crippen LogP contribution in [-0.4, -0.2) is 25.0 Å². The summed E-state index contributed by atoms with van der Waals surface area (Å²) >= 11 is 3.43. The van der Waals surface area contributed by atoms with Crippen molar-refractivity contribution in [2.24, 2.45) is 0 Å². The van der Waals surface area contributed by atoms with Crippen LogP contribution in [0.2, 0.25) is 0 Å². The highest BCUT2D eigenvalue weighted by molar-refractivity contribution is 9.10. The molecule has 5 heteroatoms. The van der Waals surface area contributed by atoms with Crippen molar-refractivity contribution in [3.05, 3.63) is 39.9 Å². The van der Waals surface area contributed by atoms with Crippen LogP contribution < -0.4 is 5.32 Å². The second-order valence-corrected chi connectivity index (χ2v) is 5.88. The molecule has 1 amide bonds. The fourth-order valence-electron chi connectivity index (χ4n) is 1.76. The highest BCUT2D eigenvalue weighted by Crippen LogP contribution is 2.19. The van der Waals surface area contributed by atoms with Gasteiger partial charge >= 0.3 is 5.97 Å². The van der Waals surface area contributed by atoms with Gasteiger partial charge in [-0.05, 0) is 36.6 Å². The summed E-state index contributed by atoms with van der Waals surface area (Å²) in [5, 5.41) is 2.71. The third kappa shape index (κ3) is 7.41. The van der Waals surface area contributed by atoms with Crippen molar-refractivity contribution in [1.29, 1.82) is 0 Å². The Balaban J connectivity index is 2.33. The molecule has 1 aromatic rings. The van der Waals surface area contributed by atoms with E-state index in [0.717, 1.165) is 34.9 Å². The number of hydrogen-bond donors (Lipinski definition) is 1. The molecule has 0 aromatic heterocycles. The normalized spacial score (nSPS) is 10.7. The molecular formula is C17H22BrNO3. The second-order valence-electron chi connectivity index (χ2n) is 5.02. The predicted molar refractivity (Wildman–Crippen MR) is 91.4 cm³/mol. The Morgan fingerprint density at radius 1 is 1.32 bits per heavy atom. The quantitative estimate of drug-likeness (QED) is 0.433. The molecule has 1 aromatic carbocycles. The molecule has 0 atom stereocenters. The number of amides is 1. The first-order chi connectivity index (χ1) is 10.5. The van der Waals surface area contributed by atoms with E-state index in [1.165, 1.54) is 6.08 Å². The summed E-state index contributed by atoms with van der Waals surface area (Å²) in [6.45, 7) is 4.47. The second kappa shape index (κ2) is 10.2. The summed E-state index contributed by atoms with van der Waals surface area (Å²) in [6, 6.07) is 5.83. The lowest BCUT2D eigenvalue weighted by Crippen LogP contribution is -2.29. The number of carbonyl (C=O) groups is 2. The molecule has 0 spiro atoms. The van der Waals surface area contributed by atoms with E-state index in [-0.39, 0.29) is 12.5 Å². The van der Waals surface area contributed by atoms with Crippen LogP contribution in [0.1, 0.15) is 37.3 Å². The monoisotopic (exact) mass is 367 g/mol. The van der Waals surface area contributed by atoms with Gasteiger partial charge in [0.1, 0.15) is 0 Å². The zero-order valence-electron chi connectivity index (χ0n) is 13.0. The van der Waals surface area contributed by atoms with Crippen LogP contribution in [-0.2, 0) is 14.3 Å². The van der Waals surface area contributed by atoms with Crippen LogP contribution in [0.3, 0.4) is 0 Å². The molecule has 4 nitrogen and oxygen atoms in total. The number of ether oxygens (including phenoxy) is 1. The fourth-order valence-corrected chi connectivity index (χ4v) is 2.39. The van der Waals surface area contributed by atoms with Gasteiger partial charge in [-0.1, -0.05) is 47.8 Å². The van der Waals surface area contributed by atoms with Gasteiger partial charge in [0, 0.05) is 17.1 Å². The molecule has 1 N–H and O–H groups in total. The van der Waals surface area contributed by atoms with Crippen molar-refractivity contribution in [1.82, 2.24) is 5.32 Å². The smallest absolute Gasteiger partial charge is 0.331 e. The van der Waals surface area contributed by atoms with Gasteiger partial charge in [0.2, 0.25) is 0 Å². The van der Waals surface area contributed by atoms with Crippen molar-refractivity contribution >= 4 is 33.9 Å². The number of hydrogen-bond acceptors (Lipinski definition) is 3. The molecule has 0 bridgehead atoms. The first-order valence-corrected chi connectivity index (χ1v) is 8.20. The van der Waals surface area contributed by atoms with E-state index >= 15 is 0 Å². The number of halogens is 1. The lowest BCUT2D eigenvalue weighted by atomic mass is 10.1. The Labute approximate surface area is 140 Å². The lowest BCUT2D eigenvalue weighted by molar-refractivity contribution is -0.143. The van der Waals surface area contributed by atoms with Gasteiger partial charge in [-0.25, -0.2) is 4.79 Å². The van der Waals surface area contributed by atoms with Gasteiger partial charge in [-0.3, -0.25) is 4.79 Å². The predicted octanol–water partition coefficient (Wildman–Crippen LogP) is 3.62. The number of esters is 1. The first-order valence-electron chi connectivity index (χ1n) is 7.40. The number of unbranched alkanes of at least 4 members (excludes halogenated alkanes) is 2. The minimum Gasteiger partial charge on any atom is -0.452 e. The third-order valence-corrected chi connectivity index (χ3v) is 3.69. The molecule has 0 radical (unpaired) electrons. The van der Waals surface area contributed by atoms with Gasteiger partial charge in [-0.15, -0.1) is 0 Å². The van der Waals surface area contributed by atoms with Crippen LogP contribution in [0.25, 0.3) is 6.08 Å². The molecule has 22 heavy (non-hydrogen) atoms. The van der Waals surface area contributed by atoms with Crippen LogP contribution in [0.15, 0.2) is 28.7 Å². The number of rotatable bonds is 8. The van der Waals surface area contributed by atoms with Crippen molar-refractivity contribution in [2.75, 3.05) is 13.2 Å². The van der Waals surface area contributed by atoms with E-state index in [1.807, 2.05) is 25.1 Å². The largest absolute Gasteiger partial charge is 0.452 e. The van der Waals surface area contributed by atoms with Gasteiger partial charge in [0.15, 0.2) is 6.61 Å². The van der Waals surface area contributed by atoms with E-state index in [1.54, 1.807) is 6.08 Å².